The van der Waals surface area contributed by atoms with E-state index in [1.165, 1.54) is 12.1 Å². The van der Waals surface area contributed by atoms with Crippen molar-refractivity contribution in [2.75, 3.05) is 5.32 Å². The lowest BCUT2D eigenvalue weighted by Crippen LogP contribution is -1.92. The van der Waals surface area contributed by atoms with Gasteiger partial charge >= 0.3 is 0 Å². The van der Waals surface area contributed by atoms with E-state index in [4.69, 9.17) is 16.9 Å². The zero-order chi connectivity index (χ0) is 13.1. The van der Waals surface area contributed by atoms with Gasteiger partial charge < -0.3 is 5.32 Å². The zero-order valence-corrected chi connectivity index (χ0v) is 11.4. The minimum Gasteiger partial charge on any atom is -0.355 e. The standard InChI is InChI=1S/C13H7BrClFN2/c14-11-4-3-9(5-12(11)15)18-10-2-1-8(7-17)13(16)6-10/h1-6,18H. The first-order chi connectivity index (χ1) is 8.60. The summed E-state index contributed by atoms with van der Waals surface area (Å²) >= 11 is 9.24. The molecule has 2 aromatic rings. The van der Waals surface area contributed by atoms with E-state index >= 15 is 0 Å². The summed E-state index contributed by atoms with van der Waals surface area (Å²) in [5.74, 6) is -0.550. The molecular formula is C13H7BrClFN2. The summed E-state index contributed by atoms with van der Waals surface area (Å²) in [6.07, 6.45) is 0. The third-order valence-electron chi connectivity index (χ3n) is 2.30. The minimum absolute atomic E-state index is 0.0226. The molecule has 90 valence electrons. The fourth-order valence-electron chi connectivity index (χ4n) is 1.42. The van der Waals surface area contributed by atoms with Crippen LogP contribution < -0.4 is 5.32 Å². The van der Waals surface area contributed by atoms with Gasteiger partial charge in [0.2, 0.25) is 0 Å². The van der Waals surface area contributed by atoms with E-state index in [0.717, 1.165) is 10.2 Å². The maximum absolute atomic E-state index is 13.4. The van der Waals surface area contributed by atoms with Crippen LogP contribution in [0.3, 0.4) is 0 Å². The Morgan fingerprint density at radius 2 is 1.83 bits per heavy atom. The number of nitrogens with zero attached hydrogens (tertiary/aromatic N) is 1. The normalized spacial score (nSPS) is 9.89. The molecule has 0 atom stereocenters. The van der Waals surface area contributed by atoms with Crippen LogP contribution in [0, 0.1) is 17.1 Å². The average Bonchev–Trinajstić information content (AvgIpc) is 2.34. The first-order valence-corrected chi connectivity index (χ1v) is 6.19. The Kier molecular flexibility index (Phi) is 3.85. The number of anilines is 2. The maximum atomic E-state index is 13.4. The molecule has 2 aromatic carbocycles. The van der Waals surface area contributed by atoms with Crippen molar-refractivity contribution in [3.05, 3.63) is 57.3 Å². The van der Waals surface area contributed by atoms with Crippen molar-refractivity contribution in [1.82, 2.24) is 0 Å². The quantitative estimate of drug-likeness (QED) is 0.856. The van der Waals surface area contributed by atoms with E-state index in [1.54, 1.807) is 24.3 Å². The Hall–Kier alpha value is -1.57. The number of halogens is 3. The SMILES string of the molecule is N#Cc1ccc(Nc2ccc(Br)c(Cl)c2)cc1F. The molecule has 0 aliphatic carbocycles. The number of nitriles is 1. The fourth-order valence-corrected chi connectivity index (χ4v) is 1.85. The Labute approximate surface area is 117 Å². The van der Waals surface area contributed by atoms with E-state index in [0.29, 0.717) is 10.7 Å². The first kappa shape index (κ1) is 12.9. The van der Waals surface area contributed by atoms with Gasteiger partial charge in [0, 0.05) is 15.8 Å². The number of nitrogens with one attached hydrogen (secondary N) is 1. The summed E-state index contributed by atoms with van der Waals surface area (Å²) in [5.41, 5.74) is 1.33. The summed E-state index contributed by atoms with van der Waals surface area (Å²) in [4.78, 5) is 0. The molecule has 0 fully saturated rings. The molecule has 0 spiro atoms. The van der Waals surface area contributed by atoms with Crippen molar-refractivity contribution in [2.45, 2.75) is 0 Å². The van der Waals surface area contributed by atoms with Gasteiger partial charge in [-0.15, -0.1) is 0 Å². The van der Waals surface area contributed by atoms with Crippen LogP contribution in [0.2, 0.25) is 5.02 Å². The zero-order valence-electron chi connectivity index (χ0n) is 9.05. The van der Waals surface area contributed by atoms with E-state index in [2.05, 4.69) is 21.2 Å². The molecule has 0 saturated carbocycles. The Morgan fingerprint density at radius 1 is 1.17 bits per heavy atom. The Balaban J connectivity index is 2.26. The Morgan fingerprint density at radius 3 is 2.44 bits per heavy atom. The molecular weight excluding hydrogens is 319 g/mol. The van der Waals surface area contributed by atoms with Gasteiger partial charge in [-0.1, -0.05) is 11.6 Å². The molecule has 0 bridgehead atoms. The lowest BCUT2D eigenvalue weighted by molar-refractivity contribution is 0.624. The van der Waals surface area contributed by atoms with Gasteiger partial charge in [0.1, 0.15) is 11.9 Å². The van der Waals surface area contributed by atoms with Crippen LogP contribution in [-0.4, -0.2) is 0 Å². The molecule has 0 amide bonds. The largest absolute Gasteiger partial charge is 0.355 e. The molecule has 2 nitrogen and oxygen atoms in total. The third kappa shape index (κ3) is 2.81. The topological polar surface area (TPSA) is 35.8 Å². The van der Waals surface area contributed by atoms with E-state index < -0.39 is 5.82 Å². The monoisotopic (exact) mass is 324 g/mol. The van der Waals surface area contributed by atoms with Crippen LogP contribution in [-0.2, 0) is 0 Å². The second kappa shape index (κ2) is 5.38. The summed E-state index contributed by atoms with van der Waals surface area (Å²) in [6, 6.07) is 11.4. The highest BCUT2D eigenvalue weighted by Crippen LogP contribution is 2.27. The molecule has 0 unspecified atom stereocenters. The lowest BCUT2D eigenvalue weighted by atomic mass is 10.2. The maximum Gasteiger partial charge on any atom is 0.143 e. The fraction of sp³-hybridized carbons (Fsp3) is 0. The Bertz CT molecular complexity index is 637. The van der Waals surface area contributed by atoms with Crippen molar-refractivity contribution in [3.63, 3.8) is 0 Å². The van der Waals surface area contributed by atoms with Crippen molar-refractivity contribution in [3.8, 4) is 6.07 Å². The molecule has 0 saturated heterocycles. The van der Waals surface area contributed by atoms with Gasteiger partial charge in [-0.3, -0.25) is 0 Å². The highest BCUT2D eigenvalue weighted by atomic mass is 79.9. The van der Waals surface area contributed by atoms with Gasteiger partial charge in [0.05, 0.1) is 10.6 Å². The summed E-state index contributed by atoms with van der Waals surface area (Å²) in [6.45, 7) is 0. The average molecular weight is 326 g/mol. The van der Waals surface area contributed by atoms with E-state index in [9.17, 15) is 4.39 Å². The predicted molar refractivity (Wildman–Crippen MR) is 73.5 cm³/mol. The summed E-state index contributed by atoms with van der Waals surface area (Å²) in [7, 11) is 0. The van der Waals surface area contributed by atoms with Gasteiger partial charge in [-0.05, 0) is 52.3 Å². The first-order valence-electron chi connectivity index (χ1n) is 5.02. The van der Waals surface area contributed by atoms with E-state index in [1.807, 2.05) is 6.07 Å². The molecule has 5 heteroatoms. The highest BCUT2D eigenvalue weighted by molar-refractivity contribution is 9.10. The molecule has 18 heavy (non-hydrogen) atoms. The number of benzene rings is 2. The third-order valence-corrected chi connectivity index (χ3v) is 3.53. The molecule has 0 radical (unpaired) electrons. The van der Waals surface area contributed by atoms with Crippen LogP contribution in [0.4, 0.5) is 15.8 Å². The van der Waals surface area contributed by atoms with Crippen molar-refractivity contribution < 1.29 is 4.39 Å². The molecule has 0 heterocycles. The molecule has 1 N–H and O–H groups in total. The van der Waals surface area contributed by atoms with Crippen LogP contribution in [0.5, 0.6) is 0 Å². The number of hydrogen-bond acceptors (Lipinski definition) is 2. The van der Waals surface area contributed by atoms with E-state index in [-0.39, 0.29) is 5.56 Å². The molecule has 2 rings (SSSR count). The van der Waals surface area contributed by atoms with Crippen LogP contribution in [0.1, 0.15) is 5.56 Å². The predicted octanol–water partition coefficient (Wildman–Crippen LogP) is 4.86. The van der Waals surface area contributed by atoms with Gasteiger partial charge in [0.15, 0.2) is 0 Å². The van der Waals surface area contributed by atoms with Gasteiger partial charge in [0.25, 0.3) is 0 Å². The van der Waals surface area contributed by atoms with Crippen molar-refractivity contribution in [1.29, 1.82) is 5.26 Å². The molecule has 0 aliphatic heterocycles. The smallest absolute Gasteiger partial charge is 0.143 e. The summed E-state index contributed by atoms with van der Waals surface area (Å²) < 4.78 is 14.2. The number of hydrogen-bond donors (Lipinski definition) is 1. The van der Waals surface area contributed by atoms with Crippen molar-refractivity contribution >= 4 is 38.9 Å². The van der Waals surface area contributed by atoms with Gasteiger partial charge in [-0.2, -0.15) is 5.26 Å². The highest BCUT2D eigenvalue weighted by Gasteiger charge is 2.04. The van der Waals surface area contributed by atoms with Gasteiger partial charge in [-0.25, -0.2) is 4.39 Å². The second-order valence-corrected chi connectivity index (χ2v) is 4.82. The van der Waals surface area contributed by atoms with Crippen molar-refractivity contribution in [2.24, 2.45) is 0 Å². The van der Waals surface area contributed by atoms with Crippen LogP contribution >= 0.6 is 27.5 Å². The van der Waals surface area contributed by atoms with Crippen LogP contribution in [0.15, 0.2) is 40.9 Å². The summed E-state index contributed by atoms with van der Waals surface area (Å²) in [5, 5.41) is 12.2. The molecule has 0 aromatic heterocycles. The second-order valence-electron chi connectivity index (χ2n) is 3.56. The van der Waals surface area contributed by atoms with Crippen LogP contribution in [0.25, 0.3) is 0 Å². The number of rotatable bonds is 2. The minimum atomic E-state index is -0.550. The molecule has 0 aliphatic rings. The lowest BCUT2D eigenvalue weighted by Gasteiger charge is -2.08.